The summed E-state index contributed by atoms with van der Waals surface area (Å²) in [5.41, 5.74) is 2.23. The highest BCUT2D eigenvalue weighted by Crippen LogP contribution is 2.45. The molecule has 174 valence electrons. The van der Waals surface area contributed by atoms with Crippen LogP contribution >= 0.6 is 11.6 Å². The fourth-order valence-corrected chi connectivity index (χ4v) is 4.34. The zero-order valence-corrected chi connectivity index (χ0v) is 19.6. The minimum absolute atomic E-state index is 0.330. The minimum Gasteiger partial charge on any atom is -0.383 e. The van der Waals surface area contributed by atoms with Crippen LogP contribution in [0.2, 0.25) is 5.15 Å². The first-order chi connectivity index (χ1) is 15.5. The first-order valence-corrected chi connectivity index (χ1v) is 11.9. The van der Waals surface area contributed by atoms with Gasteiger partial charge in [0, 0.05) is 49.6 Å². The molecule has 3 N–H and O–H groups in total. The van der Waals surface area contributed by atoms with Crippen molar-refractivity contribution in [3.05, 3.63) is 35.5 Å². The van der Waals surface area contributed by atoms with Crippen LogP contribution in [0.5, 0.6) is 0 Å². The third kappa shape index (κ3) is 6.09. The topological polar surface area (TPSA) is 71.1 Å². The summed E-state index contributed by atoms with van der Waals surface area (Å²) in [5.74, 6) is 0.318. The molecule has 2 heterocycles. The summed E-state index contributed by atoms with van der Waals surface area (Å²) in [6.45, 7) is 4.70. The standard InChI is InChI=1S/C24H33ClFN5O/c1-24(7-8-24)15-30-21-11-16(13-29-23(21)25)19-12-22(28-14-20(19)26)31-18-5-3-17(4-6-18)27-9-10-32-2/h11-14,17-18,27,30H,3-10,15H2,1-2H3,(H,28,31). The van der Waals surface area contributed by atoms with E-state index in [0.29, 0.717) is 39.6 Å². The summed E-state index contributed by atoms with van der Waals surface area (Å²) in [4.78, 5) is 8.56. The van der Waals surface area contributed by atoms with Gasteiger partial charge in [0.15, 0.2) is 5.15 Å². The predicted molar refractivity (Wildman–Crippen MR) is 128 cm³/mol. The molecule has 0 amide bonds. The van der Waals surface area contributed by atoms with Crippen molar-refractivity contribution in [3.63, 3.8) is 0 Å². The van der Waals surface area contributed by atoms with E-state index >= 15 is 0 Å². The van der Waals surface area contributed by atoms with E-state index in [0.717, 1.165) is 51.1 Å². The van der Waals surface area contributed by atoms with Crippen LogP contribution in [0.25, 0.3) is 11.1 Å². The molecule has 2 aromatic heterocycles. The fraction of sp³-hybridized carbons (Fsp3) is 0.583. The summed E-state index contributed by atoms with van der Waals surface area (Å²) in [6, 6.07) is 4.51. The fourth-order valence-electron chi connectivity index (χ4n) is 4.17. The van der Waals surface area contributed by atoms with E-state index in [1.807, 2.05) is 6.07 Å². The van der Waals surface area contributed by atoms with Crippen molar-refractivity contribution in [3.8, 4) is 11.1 Å². The normalized spacial score (nSPS) is 21.9. The van der Waals surface area contributed by atoms with E-state index in [1.165, 1.54) is 19.0 Å². The van der Waals surface area contributed by atoms with Crippen LogP contribution in [0, 0.1) is 11.2 Å². The Morgan fingerprint density at radius 2 is 1.88 bits per heavy atom. The number of ether oxygens (including phenoxy) is 1. The summed E-state index contributed by atoms with van der Waals surface area (Å²) in [5, 5.41) is 10.8. The molecule has 0 spiro atoms. The van der Waals surface area contributed by atoms with Gasteiger partial charge in [-0.05, 0) is 56.1 Å². The molecule has 6 nitrogen and oxygen atoms in total. The maximum absolute atomic E-state index is 14.7. The van der Waals surface area contributed by atoms with Gasteiger partial charge in [-0.1, -0.05) is 18.5 Å². The van der Waals surface area contributed by atoms with E-state index in [-0.39, 0.29) is 5.82 Å². The number of nitrogens with one attached hydrogen (secondary N) is 3. The van der Waals surface area contributed by atoms with Crippen LogP contribution in [-0.4, -0.2) is 48.9 Å². The molecule has 0 bridgehead atoms. The Hall–Kier alpha value is -1.96. The highest BCUT2D eigenvalue weighted by atomic mass is 35.5. The van der Waals surface area contributed by atoms with E-state index in [2.05, 4.69) is 32.8 Å². The van der Waals surface area contributed by atoms with Crippen molar-refractivity contribution in [2.45, 2.75) is 57.5 Å². The monoisotopic (exact) mass is 461 g/mol. The van der Waals surface area contributed by atoms with Gasteiger partial charge in [-0.15, -0.1) is 0 Å². The number of rotatable bonds is 10. The van der Waals surface area contributed by atoms with Crippen molar-refractivity contribution < 1.29 is 9.13 Å². The molecular weight excluding hydrogens is 429 g/mol. The average Bonchev–Trinajstić information content (AvgIpc) is 3.53. The van der Waals surface area contributed by atoms with Crippen LogP contribution in [0.3, 0.4) is 0 Å². The quantitative estimate of drug-likeness (QED) is 0.337. The third-order valence-corrected chi connectivity index (χ3v) is 6.93. The Morgan fingerprint density at radius 1 is 1.12 bits per heavy atom. The van der Waals surface area contributed by atoms with Crippen LogP contribution in [-0.2, 0) is 4.74 Å². The molecule has 0 unspecified atom stereocenters. The van der Waals surface area contributed by atoms with Gasteiger partial charge in [0.2, 0.25) is 0 Å². The second kappa shape index (κ2) is 10.3. The lowest BCUT2D eigenvalue weighted by atomic mass is 9.91. The molecule has 2 fully saturated rings. The molecule has 0 atom stereocenters. The van der Waals surface area contributed by atoms with Crippen LogP contribution in [0.15, 0.2) is 24.5 Å². The maximum atomic E-state index is 14.7. The van der Waals surface area contributed by atoms with Crippen molar-refractivity contribution in [1.82, 2.24) is 15.3 Å². The molecule has 0 saturated heterocycles. The number of methoxy groups -OCH3 is 1. The third-order valence-electron chi connectivity index (χ3n) is 6.63. The van der Waals surface area contributed by atoms with Gasteiger partial charge in [-0.25, -0.2) is 14.4 Å². The molecule has 2 saturated carbocycles. The summed E-state index contributed by atoms with van der Waals surface area (Å²) < 4.78 is 19.8. The molecule has 0 aliphatic heterocycles. The zero-order valence-electron chi connectivity index (χ0n) is 18.9. The number of anilines is 2. The average molecular weight is 462 g/mol. The molecule has 2 aliphatic carbocycles. The van der Waals surface area contributed by atoms with Gasteiger partial charge < -0.3 is 20.7 Å². The number of pyridine rings is 2. The van der Waals surface area contributed by atoms with E-state index in [9.17, 15) is 4.39 Å². The maximum Gasteiger partial charge on any atom is 0.152 e. The lowest BCUT2D eigenvalue weighted by molar-refractivity contribution is 0.191. The Balaban J connectivity index is 1.40. The van der Waals surface area contributed by atoms with Gasteiger partial charge in [0.1, 0.15) is 11.6 Å². The summed E-state index contributed by atoms with van der Waals surface area (Å²) in [7, 11) is 1.72. The van der Waals surface area contributed by atoms with Gasteiger partial charge in [0.25, 0.3) is 0 Å². The number of hydrogen-bond donors (Lipinski definition) is 3. The number of nitrogens with zero attached hydrogens (tertiary/aromatic N) is 2. The molecule has 2 aromatic rings. The van der Waals surface area contributed by atoms with Gasteiger partial charge in [-0.3, -0.25) is 0 Å². The van der Waals surface area contributed by atoms with Crippen molar-refractivity contribution in [2.24, 2.45) is 5.41 Å². The van der Waals surface area contributed by atoms with Crippen LogP contribution in [0.4, 0.5) is 15.9 Å². The summed E-state index contributed by atoms with van der Waals surface area (Å²) in [6.07, 6.45) is 9.62. The first-order valence-electron chi connectivity index (χ1n) is 11.5. The van der Waals surface area contributed by atoms with Crippen molar-refractivity contribution in [1.29, 1.82) is 0 Å². The minimum atomic E-state index is -0.370. The zero-order chi connectivity index (χ0) is 22.6. The molecule has 2 aliphatic rings. The molecular formula is C24H33ClFN5O. The predicted octanol–water partition coefficient (Wildman–Crippen LogP) is 5.11. The molecule has 4 rings (SSSR count). The Morgan fingerprint density at radius 3 is 2.59 bits per heavy atom. The number of halogens is 2. The van der Waals surface area contributed by atoms with Gasteiger partial charge in [0.05, 0.1) is 18.5 Å². The number of hydrogen-bond acceptors (Lipinski definition) is 6. The Labute approximate surface area is 194 Å². The first kappa shape index (κ1) is 23.2. The Kier molecular flexibility index (Phi) is 7.48. The smallest absolute Gasteiger partial charge is 0.152 e. The highest BCUT2D eigenvalue weighted by molar-refractivity contribution is 6.32. The van der Waals surface area contributed by atoms with Crippen molar-refractivity contribution >= 4 is 23.1 Å². The largest absolute Gasteiger partial charge is 0.383 e. The second-order valence-corrected chi connectivity index (χ2v) is 9.77. The lowest BCUT2D eigenvalue weighted by Crippen LogP contribution is -2.38. The number of aromatic nitrogens is 2. The highest BCUT2D eigenvalue weighted by Gasteiger charge is 2.36. The van der Waals surface area contributed by atoms with Crippen LogP contribution in [0.1, 0.15) is 45.4 Å². The van der Waals surface area contributed by atoms with Gasteiger partial charge >= 0.3 is 0 Å². The molecule has 32 heavy (non-hydrogen) atoms. The lowest BCUT2D eigenvalue weighted by Gasteiger charge is -2.30. The van der Waals surface area contributed by atoms with Crippen molar-refractivity contribution in [2.75, 3.05) is 37.4 Å². The second-order valence-electron chi connectivity index (χ2n) is 9.42. The van der Waals surface area contributed by atoms with E-state index in [1.54, 1.807) is 19.4 Å². The van der Waals surface area contributed by atoms with E-state index in [4.69, 9.17) is 16.3 Å². The van der Waals surface area contributed by atoms with E-state index < -0.39 is 0 Å². The molecule has 8 heteroatoms. The molecule has 0 aromatic carbocycles. The molecule has 0 radical (unpaired) electrons. The van der Waals surface area contributed by atoms with Crippen LogP contribution < -0.4 is 16.0 Å². The van der Waals surface area contributed by atoms with Gasteiger partial charge in [-0.2, -0.15) is 0 Å². The summed E-state index contributed by atoms with van der Waals surface area (Å²) >= 11 is 6.28. The SMILES string of the molecule is COCCNC1CCC(Nc2cc(-c3cnc(Cl)c(NCC4(C)CC4)c3)c(F)cn2)CC1. The Bertz CT molecular complexity index is 915.